The van der Waals surface area contributed by atoms with E-state index in [1.807, 2.05) is 0 Å². The van der Waals surface area contributed by atoms with E-state index in [4.69, 9.17) is 16.7 Å². The number of aliphatic carboxylic acids is 1. The van der Waals surface area contributed by atoms with Crippen LogP contribution < -0.4 is 5.32 Å². The molecule has 0 aliphatic carbocycles. The van der Waals surface area contributed by atoms with Gasteiger partial charge in [-0.1, -0.05) is 11.6 Å². The van der Waals surface area contributed by atoms with Gasteiger partial charge in [0.25, 0.3) is 0 Å². The molecule has 114 valence electrons. The molecular formula is C13H13BrClFN2O3. The van der Waals surface area contributed by atoms with E-state index in [1.54, 1.807) is 6.92 Å². The number of carbonyl (C=O) groups excluding carboxylic acids is 1. The molecular weight excluding hydrogens is 367 g/mol. The second-order valence-electron chi connectivity index (χ2n) is 5.21. The number of likely N-dealkylation sites (tertiary alicyclic amines) is 1. The van der Waals surface area contributed by atoms with Crippen molar-refractivity contribution in [1.82, 2.24) is 4.90 Å². The maximum absolute atomic E-state index is 13.1. The van der Waals surface area contributed by atoms with Crippen LogP contribution >= 0.6 is 27.5 Å². The molecule has 5 nitrogen and oxygen atoms in total. The summed E-state index contributed by atoms with van der Waals surface area (Å²) in [6.07, 6.45) is 0.383. The van der Waals surface area contributed by atoms with Crippen LogP contribution in [0.1, 0.15) is 13.3 Å². The van der Waals surface area contributed by atoms with Crippen molar-refractivity contribution in [3.8, 4) is 0 Å². The fraction of sp³-hybridized carbons (Fsp3) is 0.385. The zero-order chi connectivity index (χ0) is 15.8. The molecule has 1 saturated heterocycles. The van der Waals surface area contributed by atoms with Crippen molar-refractivity contribution in [3.05, 3.63) is 27.4 Å². The fourth-order valence-electron chi connectivity index (χ4n) is 2.16. The molecule has 2 N–H and O–H groups in total. The number of hydrogen-bond donors (Lipinski definition) is 2. The molecule has 8 heteroatoms. The fourth-order valence-corrected chi connectivity index (χ4v) is 3.06. The van der Waals surface area contributed by atoms with Crippen LogP contribution in [0.25, 0.3) is 0 Å². The van der Waals surface area contributed by atoms with Gasteiger partial charge in [0, 0.05) is 17.6 Å². The Kier molecular flexibility index (Phi) is 4.43. The van der Waals surface area contributed by atoms with Gasteiger partial charge >= 0.3 is 12.0 Å². The van der Waals surface area contributed by atoms with Gasteiger partial charge in [0.15, 0.2) is 0 Å². The van der Waals surface area contributed by atoms with Crippen LogP contribution in [0, 0.1) is 11.2 Å². The molecule has 0 spiro atoms. The zero-order valence-corrected chi connectivity index (χ0v) is 13.5. The lowest BCUT2D eigenvalue weighted by atomic mass is 9.90. The lowest BCUT2D eigenvalue weighted by molar-refractivity contribution is -0.146. The number of carboxylic acids is 1. The Balaban J connectivity index is 2.12. The molecule has 1 aromatic carbocycles. The Bertz CT molecular complexity index is 590. The largest absolute Gasteiger partial charge is 0.481 e. The van der Waals surface area contributed by atoms with Gasteiger partial charge in [0.1, 0.15) is 5.82 Å². The highest BCUT2D eigenvalue weighted by Crippen LogP contribution is 2.34. The van der Waals surface area contributed by atoms with Gasteiger partial charge in [-0.05, 0) is 41.4 Å². The van der Waals surface area contributed by atoms with Crippen molar-refractivity contribution < 1.29 is 19.1 Å². The summed E-state index contributed by atoms with van der Waals surface area (Å²) in [6.45, 7) is 2.05. The van der Waals surface area contributed by atoms with Crippen LogP contribution in [0.5, 0.6) is 0 Å². The SMILES string of the molecule is CC1(C(=O)O)CCN(C(=O)Nc2c(Cl)cc(F)cc2Br)C1. The van der Waals surface area contributed by atoms with Gasteiger partial charge in [-0.15, -0.1) is 0 Å². The van der Waals surface area contributed by atoms with E-state index in [-0.39, 0.29) is 17.3 Å². The minimum Gasteiger partial charge on any atom is -0.481 e. The Morgan fingerprint density at radius 3 is 2.71 bits per heavy atom. The van der Waals surface area contributed by atoms with E-state index < -0.39 is 23.2 Å². The zero-order valence-electron chi connectivity index (χ0n) is 11.1. The summed E-state index contributed by atoms with van der Waals surface area (Å²) < 4.78 is 13.5. The van der Waals surface area contributed by atoms with E-state index in [1.165, 1.54) is 11.0 Å². The number of carboxylic acid groups (broad SMARTS) is 1. The average Bonchev–Trinajstić information content (AvgIpc) is 2.78. The van der Waals surface area contributed by atoms with Crippen LogP contribution in [-0.2, 0) is 4.79 Å². The predicted octanol–water partition coefficient (Wildman–Crippen LogP) is 3.57. The van der Waals surface area contributed by atoms with Gasteiger partial charge in [0.2, 0.25) is 0 Å². The normalized spacial score (nSPS) is 21.4. The lowest BCUT2D eigenvalue weighted by Crippen LogP contribution is -2.37. The Hall–Kier alpha value is -1.34. The molecule has 1 unspecified atom stereocenters. The second kappa shape index (κ2) is 5.81. The van der Waals surface area contributed by atoms with Crippen molar-refractivity contribution in [3.63, 3.8) is 0 Å². The van der Waals surface area contributed by atoms with E-state index in [9.17, 15) is 14.0 Å². The molecule has 1 aliphatic rings. The molecule has 1 aromatic rings. The van der Waals surface area contributed by atoms with E-state index in [2.05, 4.69) is 21.2 Å². The van der Waals surface area contributed by atoms with Gasteiger partial charge in [0.05, 0.1) is 16.1 Å². The van der Waals surface area contributed by atoms with Crippen LogP contribution in [0.2, 0.25) is 5.02 Å². The van der Waals surface area contributed by atoms with Crippen molar-refractivity contribution in [2.75, 3.05) is 18.4 Å². The van der Waals surface area contributed by atoms with Gasteiger partial charge < -0.3 is 15.3 Å². The summed E-state index contributed by atoms with van der Waals surface area (Å²) >= 11 is 9.02. The number of amides is 2. The number of carbonyl (C=O) groups is 2. The van der Waals surface area contributed by atoms with Crippen LogP contribution in [0.3, 0.4) is 0 Å². The first kappa shape index (κ1) is 16.0. The van der Waals surface area contributed by atoms with E-state index in [0.717, 1.165) is 6.07 Å². The van der Waals surface area contributed by atoms with Crippen molar-refractivity contribution in [2.24, 2.45) is 5.41 Å². The van der Waals surface area contributed by atoms with E-state index >= 15 is 0 Å². The van der Waals surface area contributed by atoms with Crippen LogP contribution in [-0.4, -0.2) is 35.1 Å². The average molecular weight is 380 g/mol. The number of nitrogens with zero attached hydrogens (tertiary/aromatic N) is 1. The Morgan fingerprint density at radius 1 is 1.52 bits per heavy atom. The summed E-state index contributed by atoms with van der Waals surface area (Å²) in [6, 6.07) is 1.81. The predicted molar refractivity (Wildman–Crippen MR) is 80.1 cm³/mol. The minimum absolute atomic E-state index is 0.0652. The smallest absolute Gasteiger partial charge is 0.321 e. The summed E-state index contributed by atoms with van der Waals surface area (Å²) in [4.78, 5) is 24.7. The molecule has 0 bridgehead atoms. The highest BCUT2D eigenvalue weighted by molar-refractivity contribution is 9.10. The molecule has 2 amide bonds. The van der Waals surface area contributed by atoms with Crippen LogP contribution in [0.4, 0.5) is 14.9 Å². The highest BCUT2D eigenvalue weighted by atomic mass is 79.9. The molecule has 1 aliphatic heterocycles. The summed E-state index contributed by atoms with van der Waals surface area (Å²) in [5, 5.41) is 11.8. The first-order valence-electron chi connectivity index (χ1n) is 6.17. The number of halogens is 3. The minimum atomic E-state index is -0.943. The first-order chi connectivity index (χ1) is 9.73. The number of benzene rings is 1. The third kappa shape index (κ3) is 3.29. The third-order valence-electron chi connectivity index (χ3n) is 3.52. The van der Waals surface area contributed by atoms with Gasteiger partial charge in [-0.25, -0.2) is 9.18 Å². The standard InChI is InChI=1S/C13H13BrClFN2O3/c1-13(11(19)20)2-3-18(6-13)12(21)17-10-8(14)4-7(16)5-9(10)15/h4-5H,2-3,6H2,1H3,(H,17,21)(H,19,20). The van der Waals surface area contributed by atoms with Crippen molar-refractivity contribution in [2.45, 2.75) is 13.3 Å². The molecule has 0 aromatic heterocycles. The lowest BCUT2D eigenvalue weighted by Gasteiger charge is -2.21. The third-order valence-corrected chi connectivity index (χ3v) is 4.44. The Morgan fingerprint density at radius 2 is 2.19 bits per heavy atom. The molecule has 0 saturated carbocycles. The summed E-state index contributed by atoms with van der Waals surface area (Å²) in [5.41, 5.74) is -0.687. The van der Waals surface area contributed by atoms with Gasteiger partial charge in [-0.3, -0.25) is 4.79 Å². The number of nitrogens with one attached hydrogen (secondary N) is 1. The number of urea groups is 1. The molecule has 0 radical (unpaired) electrons. The quantitative estimate of drug-likeness (QED) is 0.825. The monoisotopic (exact) mass is 378 g/mol. The van der Waals surface area contributed by atoms with Crippen LogP contribution in [0.15, 0.2) is 16.6 Å². The molecule has 1 atom stereocenters. The summed E-state index contributed by atoms with van der Waals surface area (Å²) in [7, 11) is 0. The molecule has 1 fully saturated rings. The topological polar surface area (TPSA) is 69.6 Å². The number of anilines is 1. The highest BCUT2D eigenvalue weighted by Gasteiger charge is 2.42. The maximum Gasteiger partial charge on any atom is 0.321 e. The first-order valence-corrected chi connectivity index (χ1v) is 7.34. The number of rotatable bonds is 2. The molecule has 21 heavy (non-hydrogen) atoms. The Labute approximate surface area is 134 Å². The van der Waals surface area contributed by atoms with E-state index in [0.29, 0.717) is 17.4 Å². The second-order valence-corrected chi connectivity index (χ2v) is 6.47. The molecule has 1 heterocycles. The van der Waals surface area contributed by atoms with Gasteiger partial charge in [-0.2, -0.15) is 0 Å². The summed E-state index contributed by atoms with van der Waals surface area (Å²) in [5.74, 6) is -1.46. The number of hydrogen-bond acceptors (Lipinski definition) is 2. The maximum atomic E-state index is 13.1. The van der Waals surface area contributed by atoms with Crippen molar-refractivity contribution >= 4 is 45.2 Å². The van der Waals surface area contributed by atoms with Crippen molar-refractivity contribution in [1.29, 1.82) is 0 Å². The molecule has 2 rings (SSSR count).